The van der Waals surface area contributed by atoms with Gasteiger partial charge in [-0.05, 0) is 25.5 Å². The Morgan fingerprint density at radius 2 is 1.87 bits per heavy atom. The fraction of sp³-hybridized carbons (Fsp3) is 0.312. The van der Waals surface area contributed by atoms with Crippen molar-refractivity contribution in [1.29, 1.82) is 0 Å². The molecule has 3 rings (SSSR count). The number of amides is 1. The molecule has 1 amide bonds. The normalized spacial score (nSPS) is 13.8. The average molecular weight is 318 g/mol. The van der Waals surface area contributed by atoms with Gasteiger partial charge < -0.3 is 15.0 Å². The SMILES string of the molecule is COc1c(Nc2c(F)ccc3c2C(=O)N(C(C)C)C3)c(=O)c1=O. The molecule has 0 aliphatic carbocycles. The zero-order valence-electron chi connectivity index (χ0n) is 12.9. The molecule has 0 fully saturated rings. The van der Waals surface area contributed by atoms with E-state index in [-0.39, 0.29) is 34.6 Å². The summed E-state index contributed by atoms with van der Waals surface area (Å²) < 4.78 is 19.1. The topological polar surface area (TPSA) is 75.7 Å². The number of nitrogens with one attached hydrogen (secondary N) is 1. The monoisotopic (exact) mass is 318 g/mol. The van der Waals surface area contributed by atoms with E-state index in [4.69, 9.17) is 4.74 Å². The van der Waals surface area contributed by atoms with E-state index in [9.17, 15) is 18.8 Å². The van der Waals surface area contributed by atoms with E-state index in [1.807, 2.05) is 13.8 Å². The molecule has 0 radical (unpaired) electrons. The summed E-state index contributed by atoms with van der Waals surface area (Å²) in [5.74, 6) is -1.13. The Bertz CT molecular complexity index is 881. The van der Waals surface area contributed by atoms with Gasteiger partial charge >= 0.3 is 0 Å². The van der Waals surface area contributed by atoms with Gasteiger partial charge in [-0.25, -0.2) is 4.39 Å². The molecule has 1 heterocycles. The van der Waals surface area contributed by atoms with Crippen LogP contribution in [-0.2, 0) is 6.54 Å². The third-order valence-corrected chi connectivity index (χ3v) is 4.00. The number of halogens is 1. The molecule has 0 atom stereocenters. The van der Waals surface area contributed by atoms with Gasteiger partial charge in [0.05, 0.1) is 18.4 Å². The molecule has 7 heteroatoms. The van der Waals surface area contributed by atoms with Crippen LogP contribution in [0.3, 0.4) is 0 Å². The van der Waals surface area contributed by atoms with Crippen LogP contribution in [-0.4, -0.2) is 24.0 Å². The van der Waals surface area contributed by atoms with Crippen LogP contribution in [0.15, 0.2) is 21.7 Å². The van der Waals surface area contributed by atoms with Gasteiger partial charge in [0, 0.05) is 12.6 Å². The summed E-state index contributed by atoms with van der Waals surface area (Å²) in [6.07, 6.45) is 0. The maximum Gasteiger partial charge on any atom is 0.272 e. The van der Waals surface area contributed by atoms with Crippen LogP contribution in [0.2, 0.25) is 0 Å². The minimum absolute atomic E-state index is 0.0357. The lowest BCUT2D eigenvalue weighted by molar-refractivity contribution is 0.0731. The number of fused-ring (bicyclic) bond motifs is 1. The molecule has 6 nitrogen and oxygen atoms in total. The van der Waals surface area contributed by atoms with E-state index in [2.05, 4.69) is 5.32 Å². The van der Waals surface area contributed by atoms with Crippen molar-refractivity contribution in [1.82, 2.24) is 4.90 Å². The Labute approximate surface area is 131 Å². The molecular formula is C16H15FN2O4. The summed E-state index contributed by atoms with van der Waals surface area (Å²) >= 11 is 0. The zero-order valence-corrected chi connectivity index (χ0v) is 12.9. The van der Waals surface area contributed by atoms with Crippen LogP contribution < -0.4 is 20.9 Å². The van der Waals surface area contributed by atoms with Gasteiger partial charge in [-0.3, -0.25) is 14.4 Å². The maximum atomic E-state index is 14.2. The summed E-state index contributed by atoms with van der Waals surface area (Å²) in [7, 11) is 1.25. The first-order chi connectivity index (χ1) is 10.9. The lowest BCUT2D eigenvalue weighted by Crippen LogP contribution is -2.35. The van der Waals surface area contributed by atoms with E-state index in [0.717, 1.165) is 0 Å². The number of carbonyl (C=O) groups is 1. The maximum absolute atomic E-state index is 14.2. The number of hydrogen-bond acceptors (Lipinski definition) is 5. The largest absolute Gasteiger partial charge is 0.491 e. The first kappa shape index (κ1) is 15.2. The molecule has 2 aromatic rings. The van der Waals surface area contributed by atoms with E-state index >= 15 is 0 Å². The zero-order chi connectivity index (χ0) is 16.9. The third kappa shape index (κ3) is 2.11. The van der Waals surface area contributed by atoms with Crippen LogP contribution >= 0.6 is 0 Å². The highest BCUT2D eigenvalue weighted by Crippen LogP contribution is 2.35. The van der Waals surface area contributed by atoms with Crippen LogP contribution in [0.5, 0.6) is 5.75 Å². The number of anilines is 2. The molecule has 0 saturated carbocycles. The Hall–Kier alpha value is -2.70. The lowest BCUT2D eigenvalue weighted by atomic mass is 10.1. The fourth-order valence-electron chi connectivity index (χ4n) is 2.74. The van der Waals surface area contributed by atoms with Gasteiger partial charge in [0.1, 0.15) is 11.5 Å². The van der Waals surface area contributed by atoms with Crippen molar-refractivity contribution in [2.45, 2.75) is 26.4 Å². The number of methoxy groups -OCH3 is 1. The van der Waals surface area contributed by atoms with Gasteiger partial charge in [-0.1, -0.05) is 6.07 Å². The van der Waals surface area contributed by atoms with E-state index in [1.54, 1.807) is 11.0 Å². The summed E-state index contributed by atoms with van der Waals surface area (Å²) in [6.45, 7) is 4.11. The number of rotatable bonds is 4. The van der Waals surface area contributed by atoms with E-state index in [1.165, 1.54) is 13.2 Å². The highest BCUT2D eigenvalue weighted by molar-refractivity contribution is 6.04. The number of carbonyl (C=O) groups excluding carboxylic acids is 1. The van der Waals surface area contributed by atoms with Crippen molar-refractivity contribution < 1.29 is 13.9 Å². The first-order valence-electron chi connectivity index (χ1n) is 7.13. The molecular weight excluding hydrogens is 303 g/mol. The lowest BCUT2D eigenvalue weighted by Gasteiger charge is -2.20. The summed E-state index contributed by atoms with van der Waals surface area (Å²) in [6, 6.07) is 2.75. The van der Waals surface area contributed by atoms with E-state index < -0.39 is 16.7 Å². The fourth-order valence-corrected chi connectivity index (χ4v) is 2.74. The number of benzene rings is 1. The molecule has 120 valence electrons. The van der Waals surface area contributed by atoms with Crippen LogP contribution in [0.1, 0.15) is 29.8 Å². The van der Waals surface area contributed by atoms with Crippen molar-refractivity contribution in [3.63, 3.8) is 0 Å². The minimum Gasteiger partial charge on any atom is -0.491 e. The molecule has 1 N–H and O–H groups in total. The van der Waals surface area contributed by atoms with Crippen molar-refractivity contribution in [3.8, 4) is 5.75 Å². The van der Waals surface area contributed by atoms with Crippen molar-refractivity contribution in [2.75, 3.05) is 12.4 Å². The van der Waals surface area contributed by atoms with Crippen molar-refractivity contribution >= 4 is 17.3 Å². The summed E-state index contributed by atoms with van der Waals surface area (Å²) in [5.41, 5.74) is -0.913. The molecule has 0 spiro atoms. The number of nitrogens with zero attached hydrogens (tertiary/aromatic N) is 1. The molecule has 23 heavy (non-hydrogen) atoms. The minimum atomic E-state index is -0.787. The van der Waals surface area contributed by atoms with Crippen LogP contribution in [0, 0.1) is 5.82 Å². The second-order valence-corrected chi connectivity index (χ2v) is 5.67. The van der Waals surface area contributed by atoms with Gasteiger partial charge in [0.25, 0.3) is 16.8 Å². The molecule has 0 unspecified atom stereocenters. The van der Waals surface area contributed by atoms with Gasteiger partial charge in [0.2, 0.25) is 0 Å². The molecule has 0 saturated heterocycles. The molecule has 1 aliphatic rings. The molecule has 0 aromatic heterocycles. The highest BCUT2D eigenvalue weighted by atomic mass is 19.1. The van der Waals surface area contributed by atoms with E-state index in [0.29, 0.717) is 12.1 Å². The second-order valence-electron chi connectivity index (χ2n) is 5.67. The first-order valence-corrected chi connectivity index (χ1v) is 7.13. The quantitative estimate of drug-likeness (QED) is 0.866. The van der Waals surface area contributed by atoms with Crippen molar-refractivity contribution in [2.24, 2.45) is 0 Å². The smallest absolute Gasteiger partial charge is 0.272 e. The molecule has 2 aromatic carbocycles. The van der Waals surface area contributed by atoms with Gasteiger partial charge in [-0.2, -0.15) is 0 Å². The third-order valence-electron chi connectivity index (χ3n) is 4.00. The Morgan fingerprint density at radius 3 is 2.48 bits per heavy atom. The number of ether oxygens (including phenoxy) is 1. The Balaban J connectivity index is 2.08. The average Bonchev–Trinajstić information content (AvgIpc) is 2.86. The predicted octanol–water partition coefficient (Wildman–Crippen LogP) is 1.54. The highest BCUT2D eigenvalue weighted by Gasteiger charge is 2.34. The molecule has 0 bridgehead atoms. The summed E-state index contributed by atoms with van der Waals surface area (Å²) in [4.78, 5) is 37.1. The van der Waals surface area contributed by atoms with Gasteiger partial charge in [-0.15, -0.1) is 0 Å². The second kappa shape index (κ2) is 5.19. The van der Waals surface area contributed by atoms with Crippen molar-refractivity contribution in [3.05, 3.63) is 49.5 Å². The summed E-state index contributed by atoms with van der Waals surface area (Å²) in [5, 5.41) is 2.58. The number of hydrogen-bond donors (Lipinski definition) is 1. The standard InChI is InChI=1S/C16H15FN2O4/c1-7(2)19-6-8-4-5-9(17)11(10(8)16(19)22)18-12-13(20)14(21)15(12)23-3/h4-5,7,18H,6H2,1-3H3. The Morgan fingerprint density at radius 1 is 1.17 bits per heavy atom. The van der Waals surface area contributed by atoms with Crippen LogP contribution in [0.4, 0.5) is 15.8 Å². The van der Waals surface area contributed by atoms with Crippen LogP contribution in [0.25, 0.3) is 0 Å². The predicted molar refractivity (Wildman–Crippen MR) is 82.6 cm³/mol. The Kier molecular flexibility index (Phi) is 3.43. The molecule has 1 aliphatic heterocycles. The van der Waals surface area contributed by atoms with Gasteiger partial charge in [0.15, 0.2) is 5.75 Å².